The van der Waals surface area contributed by atoms with E-state index >= 15 is 0 Å². The van der Waals surface area contributed by atoms with Crippen LogP contribution >= 0.6 is 27.7 Å². The molecule has 1 unspecified atom stereocenters. The molecule has 1 aromatic rings. The van der Waals surface area contributed by atoms with Gasteiger partial charge in [0.15, 0.2) is 0 Å². The lowest BCUT2D eigenvalue weighted by atomic mass is 10.2. The first kappa shape index (κ1) is 16.0. The molecule has 0 spiro atoms. The number of hydrogen-bond acceptors (Lipinski definition) is 3. The Morgan fingerprint density at radius 2 is 2.16 bits per heavy atom. The lowest BCUT2D eigenvalue weighted by Gasteiger charge is -2.10. The van der Waals surface area contributed by atoms with Crippen LogP contribution in [-0.4, -0.2) is 28.0 Å². The summed E-state index contributed by atoms with van der Waals surface area (Å²) in [6.07, 6.45) is 0.0647. The first-order chi connectivity index (χ1) is 8.88. The Morgan fingerprint density at radius 3 is 2.74 bits per heavy atom. The number of hydrogen-bond donors (Lipinski definition) is 2. The van der Waals surface area contributed by atoms with E-state index in [2.05, 4.69) is 21.2 Å². The fourth-order valence-corrected chi connectivity index (χ4v) is 2.72. The number of anilines is 1. The smallest absolute Gasteiger partial charge is 0.304 e. The molecule has 0 radical (unpaired) electrons. The Bertz CT molecular complexity index is 479. The minimum Gasteiger partial charge on any atom is -0.481 e. The first-order valence-corrected chi connectivity index (χ1v) is 7.62. The number of halogens is 1. The van der Waals surface area contributed by atoms with Gasteiger partial charge in [-0.2, -0.15) is 0 Å². The number of rotatable bonds is 6. The van der Waals surface area contributed by atoms with Gasteiger partial charge in [0.05, 0.1) is 12.2 Å². The number of amides is 1. The number of thioether (sulfide) groups is 1. The van der Waals surface area contributed by atoms with E-state index < -0.39 is 5.97 Å². The van der Waals surface area contributed by atoms with Crippen LogP contribution in [0.4, 0.5) is 5.69 Å². The van der Waals surface area contributed by atoms with Crippen LogP contribution in [0.2, 0.25) is 0 Å². The SMILES string of the molecule is Cc1cc(Br)ccc1NC(=O)CSC(C)CC(=O)O. The van der Waals surface area contributed by atoms with Crippen LogP contribution in [-0.2, 0) is 9.59 Å². The van der Waals surface area contributed by atoms with Crippen molar-refractivity contribution in [3.05, 3.63) is 28.2 Å². The Morgan fingerprint density at radius 1 is 1.47 bits per heavy atom. The highest BCUT2D eigenvalue weighted by molar-refractivity contribution is 9.10. The van der Waals surface area contributed by atoms with Crippen molar-refractivity contribution in [2.45, 2.75) is 25.5 Å². The maximum absolute atomic E-state index is 11.7. The van der Waals surface area contributed by atoms with Crippen molar-refractivity contribution in [1.29, 1.82) is 0 Å². The van der Waals surface area contributed by atoms with Crippen molar-refractivity contribution in [2.75, 3.05) is 11.1 Å². The van der Waals surface area contributed by atoms with Gasteiger partial charge in [0.1, 0.15) is 0 Å². The van der Waals surface area contributed by atoms with Crippen LogP contribution in [0.5, 0.6) is 0 Å². The molecule has 19 heavy (non-hydrogen) atoms. The van der Waals surface area contributed by atoms with Gasteiger partial charge in [0.2, 0.25) is 5.91 Å². The molecule has 0 fully saturated rings. The number of carboxylic acid groups (broad SMARTS) is 1. The molecule has 0 aromatic heterocycles. The molecule has 0 saturated heterocycles. The summed E-state index contributed by atoms with van der Waals surface area (Å²) in [7, 11) is 0. The summed E-state index contributed by atoms with van der Waals surface area (Å²) < 4.78 is 0.965. The van der Waals surface area contributed by atoms with E-state index in [-0.39, 0.29) is 23.3 Å². The van der Waals surface area contributed by atoms with Gasteiger partial charge in [-0.05, 0) is 30.7 Å². The third kappa shape index (κ3) is 6.11. The number of carbonyl (C=O) groups excluding carboxylic acids is 1. The fourth-order valence-electron chi connectivity index (χ4n) is 1.48. The van der Waals surface area contributed by atoms with Crippen LogP contribution in [0.25, 0.3) is 0 Å². The molecule has 0 heterocycles. The minimum absolute atomic E-state index is 0.0647. The Hall–Kier alpha value is -1.01. The normalized spacial score (nSPS) is 11.9. The fraction of sp³-hybridized carbons (Fsp3) is 0.385. The highest BCUT2D eigenvalue weighted by atomic mass is 79.9. The van der Waals surface area contributed by atoms with Crippen LogP contribution in [0.15, 0.2) is 22.7 Å². The van der Waals surface area contributed by atoms with E-state index in [9.17, 15) is 9.59 Å². The van der Waals surface area contributed by atoms with E-state index in [4.69, 9.17) is 5.11 Å². The van der Waals surface area contributed by atoms with Crippen LogP contribution in [0.3, 0.4) is 0 Å². The van der Waals surface area contributed by atoms with Gasteiger partial charge in [0, 0.05) is 15.4 Å². The van der Waals surface area contributed by atoms with E-state index in [0.717, 1.165) is 15.7 Å². The van der Waals surface area contributed by atoms with Crippen LogP contribution < -0.4 is 5.32 Å². The van der Waals surface area contributed by atoms with E-state index in [1.165, 1.54) is 11.8 Å². The highest BCUT2D eigenvalue weighted by Crippen LogP contribution is 2.21. The summed E-state index contributed by atoms with van der Waals surface area (Å²) in [6, 6.07) is 5.63. The molecule has 4 nitrogen and oxygen atoms in total. The van der Waals surface area contributed by atoms with Gasteiger partial charge >= 0.3 is 5.97 Å². The number of aryl methyl sites for hydroxylation is 1. The maximum Gasteiger partial charge on any atom is 0.304 e. The Labute approximate surface area is 125 Å². The summed E-state index contributed by atoms with van der Waals surface area (Å²) in [5, 5.41) is 11.4. The molecule has 0 bridgehead atoms. The largest absolute Gasteiger partial charge is 0.481 e. The lowest BCUT2D eigenvalue weighted by Crippen LogP contribution is -2.17. The summed E-state index contributed by atoms with van der Waals surface area (Å²) in [6.45, 7) is 3.72. The maximum atomic E-state index is 11.7. The van der Waals surface area contributed by atoms with Gasteiger partial charge < -0.3 is 10.4 Å². The standard InChI is InChI=1S/C13H16BrNO3S/c1-8-5-10(14)3-4-11(8)15-12(16)7-19-9(2)6-13(17)18/h3-5,9H,6-7H2,1-2H3,(H,15,16)(H,17,18). The summed E-state index contributed by atoms with van der Waals surface area (Å²) in [5.74, 6) is -0.707. The highest BCUT2D eigenvalue weighted by Gasteiger charge is 2.11. The predicted octanol–water partition coefficient (Wildman–Crippen LogP) is 3.29. The van der Waals surface area contributed by atoms with Crippen molar-refractivity contribution in [3.63, 3.8) is 0 Å². The van der Waals surface area contributed by atoms with Crippen molar-refractivity contribution < 1.29 is 14.7 Å². The molecule has 0 aliphatic heterocycles. The van der Waals surface area contributed by atoms with Gasteiger partial charge in [-0.3, -0.25) is 9.59 Å². The second kappa shape index (κ2) is 7.55. The van der Waals surface area contributed by atoms with E-state index in [0.29, 0.717) is 0 Å². The second-order valence-corrected chi connectivity index (χ2v) is 6.57. The van der Waals surface area contributed by atoms with Gasteiger partial charge in [-0.25, -0.2) is 0 Å². The summed E-state index contributed by atoms with van der Waals surface area (Å²) in [4.78, 5) is 22.3. The molecule has 1 rings (SSSR count). The van der Waals surface area contributed by atoms with Crippen molar-refractivity contribution in [1.82, 2.24) is 0 Å². The topological polar surface area (TPSA) is 66.4 Å². The monoisotopic (exact) mass is 345 g/mol. The molecule has 2 N–H and O–H groups in total. The third-order valence-corrected chi connectivity index (χ3v) is 4.08. The molecular formula is C13H16BrNO3S. The molecule has 1 atom stereocenters. The number of benzene rings is 1. The van der Waals surface area contributed by atoms with Crippen molar-refractivity contribution in [3.8, 4) is 0 Å². The predicted molar refractivity (Wildman–Crippen MR) is 81.7 cm³/mol. The number of aliphatic carboxylic acids is 1. The van der Waals surface area contributed by atoms with E-state index in [1.54, 1.807) is 6.92 Å². The van der Waals surface area contributed by atoms with Crippen molar-refractivity contribution >= 4 is 45.3 Å². The zero-order valence-electron chi connectivity index (χ0n) is 10.8. The lowest BCUT2D eigenvalue weighted by molar-refractivity contribution is -0.136. The average Bonchev–Trinajstić information content (AvgIpc) is 2.29. The quantitative estimate of drug-likeness (QED) is 0.830. The van der Waals surface area contributed by atoms with Gasteiger partial charge in [-0.15, -0.1) is 11.8 Å². The van der Waals surface area contributed by atoms with Crippen LogP contribution in [0, 0.1) is 6.92 Å². The van der Waals surface area contributed by atoms with Crippen molar-refractivity contribution in [2.24, 2.45) is 0 Å². The molecule has 0 aliphatic carbocycles. The summed E-state index contributed by atoms with van der Waals surface area (Å²) >= 11 is 4.70. The summed E-state index contributed by atoms with van der Waals surface area (Å²) in [5.41, 5.74) is 1.76. The Kier molecular flexibility index (Phi) is 6.37. The molecule has 6 heteroatoms. The molecular weight excluding hydrogens is 330 g/mol. The second-order valence-electron chi connectivity index (χ2n) is 4.23. The molecule has 1 aromatic carbocycles. The molecule has 1 amide bonds. The number of carbonyl (C=O) groups is 2. The molecule has 104 valence electrons. The third-order valence-electron chi connectivity index (χ3n) is 2.42. The zero-order valence-corrected chi connectivity index (χ0v) is 13.2. The first-order valence-electron chi connectivity index (χ1n) is 5.78. The Balaban J connectivity index is 2.45. The van der Waals surface area contributed by atoms with E-state index in [1.807, 2.05) is 25.1 Å². The molecule has 0 saturated carbocycles. The number of nitrogens with one attached hydrogen (secondary N) is 1. The van der Waals surface area contributed by atoms with Gasteiger partial charge in [0.25, 0.3) is 0 Å². The van der Waals surface area contributed by atoms with Crippen LogP contribution in [0.1, 0.15) is 18.9 Å². The minimum atomic E-state index is -0.843. The number of carboxylic acids is 1. The zero-order chi connectivity index (χ0) is 14.4. The van der Waals surface area contributed by atoms with Gasteiger partial charge in [-0.1, -0.05) is 22.9 Å². The average molecular weight is 346 g/mol. The molecule has 0 aliphatic rings.